The van der Waals surface area contributed by atoms with Crippen molar-refractivity contribution in [2.75, 3.05) is 0 Å². The zero-order valence-electron chi connectivity index (χ0n) is 11.4. The molecule has 0 radical (unpaired) electrons. The third-order valence-electron chi connectivity index (χ3n) is 3.33. The molecule has 0 saturated heterocycles. The SMILES string of the molecule is CC(c1cn(-c2ccccc2)nn1)n1cccc(O)c1=O. The highest BCUT2D eigenvalue weighted by molar-refractivity contribution is 5.30. The average Bonchev–Trinajstić information content (AvgIpc) is 3.00. The highest BCUT2D eigenvalue weighted by Crippen LogP contribution is 2.15. The van der Waals surface area contributed by atoms with Crippen LogP contribution in [-0.2, 0) is 0 Å². The van der Waals surface area contributed by atoms with E-state index in [2.05, 4.69) is 10.3 Å². The van der Waals surface area contributed by atoms with Crippen LogP contribution in [0.3, 0.4) is 0 Å². The summed E-state index contributed by atoms with van der Waals surface area (Å²) in [6.45, 7) is 1.83. The molecule has 0 spiro atoms. The van der Waals surface area contributed by atoms with E-state index in [1.807, 2.05) is 37.3 Å². The largest absolute Gasteiger partial charge is 0.503 e. The fourth-order valence-electron chi connectivity index (χ4n) is 2.12. The van der Waals surface area contributed by atoms with Gasteiger partial charge in [-0.2, -0.15) is 0 Å². The van der Waals surface area contributed by atoms with Gasteiger partial charge in [0.2, 0.25) is 0 Å². The Labute approximate surface area is 120 Å². The summed E-state index contributed by atoms with van der Waals surface area (Å²) in [7, 11) is 0. The van der Waals surface area contributed by atoms with Gasteiger partial charge in [-0.3, -0.25) is 4.79 Å². The lowest BCUT2D eigenvalue weighted by atomic mass is 10.2. The van der Waals surface area contributed by atoms with Gasteiger partial charge < -0.3 is 9.67 Å². The van der Waals surface area contributed by atoms with Crippen LogP contribution in [-0.4, -0.2) is 24.7 Å². The molecule has 2 aromatic heterocycles. The Morgan fingerprint density at radius 2 is 1.90 bits per heavy atom. The van der Waals surface area contributed by atoms with Crippen LogP contribution >= 0.6 is 0 Å². The molecule has 1 unspecified atom stereocenters. The first-order valence-electron chi connectivity index (χ1n) is 6.54. The first kappa shape index (κ1) is 13.1. The number of aromatic nitrogens is 4. The quantitative estimate of drug-likeness (QED) is 0.794. The molecule has 1 N–H and O–H groups in total. The highest BCUT2D eigenvalue weighted by Gasteiger charge is 2.15. The number of benzene rings is 1. The molecule has 0 bridgehead atoms. The van der Waals surface area contributed by atoms with Crippen LogP contribution in [0.15, 0.2) is 59.7 Å². The molecule has 1 atom stereocenters. The van der Waals surface area contributed by atoms with E-state index in [4.69, 9.17) is 0 Å². The number of pyridine rings is 1. The number of hydrogen-bond acceptors (Lipinski definition) is 4. The molecule has 0 amide bonds. The lowest BCUT2D eigenvalue weighted by Gasteiger charge is -2.11. The summed E-state index contributed by atoms with van der Waals surface area (Å²) in [6.07, 6.45) is 3.39. The van der Waals surface area contributed by atoms with Crippen LogP contribution in [0.1, 0.15) is 18.7 Å². The monoisotopic (exact) mass is 282 g/mol. The normalized spacial score (nSPS) is 12.2. The molecule has 0 saturated carbocycles. The van der Waals surface area contributed by atoms with E-state index in [9.17, 15) is 9.90 Å². The Hall–Kier alpha value is -2.89. The van der Waals surface area contributed by atoms with E-state index < -0.39 is 5.56 Å². The number of nitrogens with zero attached hydrogens (tertiary/aromatic N) is 4. The van der Waals surface area contributed by atoms with Gasteiger partial charge in [-0.15, -0.1) is 5.10 Å². The van der Waals surface area contributed by atoms with Gasteiger partial charge >= 0.3 is 0 Å². The number of para-hydroxylation sites is 1. The minimum Gasteiger partial charge on any atom is -0.503 e. The zero-order valence-corrected chi connectivity index (χ0v) is 11.4. The lowest BCUT2D eigenvalue weighted by molar-refractivity contribution is 0.451. The second kappa shape index (κ2) is 5.24. The maximum atomic E-state index is 11.9. The Morgan fingerprint density at radius 1 is 1.14 bits per heavy atom. The van der Waals surface area contributed by atoms with Crippen molar-refractivity contribution in [2.45, 2.75) is 13.0 Å². The van der Waals surface area contributed by atoms with Crippen LogP contribution in [0.2, 0.25) is 0 Å². The maximum Gasteiger partial charge on any atom is 0.293 e. The first-order valence-corrected chi connectivity index (χ1v) is 6.54. The molecule has 106 valence electrons. The van der Waals surface area contributed by atoms with Crippen molar-refractivity contribution in [1.82, 2.24) is 19.6 Å². The van der Waals surface area contributed by atoms with Gasteiger partial charge in [-0.1, -0.05) is 23.4 Å². The third kappa shape index (κ3) is 2.43. The molecule has 0 fully saturated rings. The fourth-order valence-corrected chi connectivity index (χ4v) is 2.12. The summed E-state index contributed by atoms with van der Waals surface area (Å²) in [6, 6.07) is 12.3. The molecule has 6 nitrogen and oxygen atoms in total. The van der Waals surface area contributed by atoms with Crippen molar-refractivity contribution in [3.05, 3.63) is 70.9 Å². The van der Waals surface area contributed by atoms with Gasteiger partial charge in [-0.25, -0.2) is 4.68 Å². The summed E-state index contributed by atoms with van der Waals surface area (Å²) in [5.41, 5.74) is 1.09. The van der Waals surface area contributed by atoms with Crippen LogP contribution in [0.25, 0.3) is 5.69 Å². The van der Waals surface area contributed by atoms with Crippen molar-refractivity contribution in [1.29, 1.82) is 0 Å². The van der Waals surface area contributed by atoms with E-state index in [1.165, 1.54) is 10.6 Å². The Balaban J connectivity index is 1.96. The summed E-state index contributed by atoms with van der Waals surface area (Å²) < 4.78 is 3.08. The number of rotatable bonds is 3. The van der Waals surface area contributed by atoms with Gasteiger partial charge in [0.05, 0.1) is 17.9 Å². The van der Waals surface area contributed by atoms with Crippen LogP contribution in [0.4, 0.5) is 0 Å². The molecule has 0 aliphatic carbocycles. The predicted octanol–water partition coefficient (Wildman–Crippen LogP) is 1.74. The molecule has 3 aromatic rings. The second-order valence-electron chi connectivity index (χ2n) is 4.71. The first-order chi connectivity index (χ1) is 10.2. The summed E-state index contributed by atoms with van der Waals surface area (Å²) in [5.74, 6) is -0.278. The number of hydrogen-bond donors (Lipinski definition) is 1. The molecular weight excluding hydrogens is 268 g/mol. The maximum absolute atomic E-state index is 11.9. The Kier molecular flexibility index (Phi) is 3.27. The molecule has 6 heteroatoms. The van der Waals surface area contributed by atoms with Crippen molar-refractivity contribution >= 4 is 0 Å². The Morgan fingerprint density at radius 3 is 2.67 bits per heavy atom. The topological polar surface area (TPSA) is 72.9 Å². The highest BCUT2D eigenvalue weighted by atomic mass is 16.3. The van der Waals surface area contributed by atoms with Crippen molar-refractivity contribution < 1.29 is 5.11 Å². The smallest absolute Gasteiger partial charge is 0.293 e. The van der Waals surface area contributed by atoms with Crippen molar-refractivity contribution in [3.8, 4) is 11.4 Å². The van der Waals surface area contributed by atoms with E-state index in [0.29, 0.717) is 5.69 Å². The van der Waals surface area contributed by atoms with E-state index in [1.54, 1.807) is 23.1 Å². The number of aromatic hydroxyl groups is 1. The second-order valence-corrected chi connectivity index (χ2v) is 4.71. The third-order valence-corrected chi connectivity index (χ3v) is 3.33. The zero-order chi connectivity index (χ0) is 14.8. The van der Waals surface area contributed by atoms with Crippen LogP contribution in [0, 0.1) is 0 Å². The molecule has 21 heavy (non-hydrogen) atoms. The molecule has 3 rings (SSSR count). The predicted molar refractivity (Wildman–Crippen MR) is 77.5 cm³/mol. The van der Waals surface area contributed by atoms with Gasteiger partial charge in [0, 0.05) is 6.20 Å². The lowest BCUT2D eigenvalue weighted by Crippen LogP contribution is -2.22. The van der Waals surface area contributed by atoms with Crippen molar-refractivity contribution in [2.24, 2.45) is 0 Å². The molecule has 0 aliphatic rings. The van der Waals surface area contributed by atoms with Gasteiger partial charge in [0.25, 0.3) is 5.56 Å². The summed E-state index contributed by atoms with van der Waals surface area (Å²) in [4.78, 5) is 11.9. The standard InChI is InChI=1S/C15H14N4O2/c1-11(18-9-5-8-14(20)15(18)21)13-10-19(17-16-13)12-6-3-2-4-7-12/h2-11,20H,1H3. The van der Waals surface area contributed by atoms with E-state index in [0.717, 1.165) is 5.69 Å². The van der Waals surface area contributed by atoms with Crippen molar-refractivity contribution in [3.63, 3.8) is 0 Å². The minimum atomic E-state index is -0.445. The Bertz CT molecular complexity index is 808. The molecule has 2 heterocycles. The fraction of sp³-hybridized carbons (Fsp3) is 0.133. The average molecular weight is 282 g/mol. The van der Waals surface area contributed by atoms with Gasteiger partial charge in [0.1, 0.15) is 5.69 Å². The minimum absolute atomic E-state index is 0.278. The van der Waals surface area contributed by atoms with Crippen LogP contribution < -0.4 is 5.56 Å². The summed E-state index contributed by atoms with van der Waals surface area (Å²) in [5, 5.41) is 17.7. The molecular formula is C15H14N4O2. The van der Waals surface area contributed by atoms with Gasteiger partial charge in [-0.05, 0) is 31.2 Å². The molecule has 0 aliphatic heterocycles. The molecule has 1 aromatic carbocycles. The van der Waals surface area contributed by atoms with E-state index in [-0.39, 0.29) is 11.8 Å². The summed E-state index contributed by atoms with van der Waals surface area (Å²) >= 11 is 0. The van der Waals surface area contributed by atoms with E-state index >= 15 is 0 Å². The van der Waals surface area contributed by atoms with Crippen LogP contribution in [0.5, 0.6) is 5.75 Å². The van der Waals surface area contributed by atoms with Gasteiger partial charge in [0.15, 0.2) is 5.75 Å².